The summed E-state index contributed by atoms with van der Waals surface area (Å²) in [5, 5.41) is 0. The van der Waals surface area contributed by atoms with Crippen LogP contribution in [0.4, 0.5) is 0 Å². The molecule has 0 unspecified atom stereocenters. The molecule has 0 radical (unpaired) electrons. The van der Waals surface area contributed by atoms with Crippen molar-refractivity contribution in [2.75, 3.05) is 7.11 Å². The van der Waals surface area contributed by atoms with Crippen LogP contribution < -0.4 is 4.74 Å². The number of hydrogen-bond acceptors (Lipinski definition) is 1. The maximum absolute atomic E-state index is 5.00. The molecular weight excluding hydrogens is 204 g/mol. The molecule has 10 heavy (non-hydrogen) atoms. The van der Waals surface area contributed by atoms with E-state index in [0.717, 1.165) is 10.2 Å². The molecule has 0 N–H and O–H groups in total. The number of hydrogen-bond donors (Lipinski definition) is 0. The fourth-order valence-corrected chi connectivity index (χ4v) is 1.06. The molecule has 0 amide bonds. The number of para-hydroxylation sites is 1. The Balaban J connectivity index is 0.000000810. The monoisotopic (exact) mass is 212 g/mol. The Morgan fingerprint density at radius 1 is 1.30 bits per heavy atom. The van der Waals surface area contributed by atoms with E-state index in [4.69, 9.17) is 4.74 Å². The minimum atomic E-state index is 0. The highest BCUT2D eigenvalue weighted by Crippen LogP contribution is 2.22. The van der Waals surface area contributed by atoms with Gasteiger partial charge in [0.2, 0.25) is 0 Å². The van der Waals surface area contributed by atoms with E-state index in [1.54, 1.807) is 7.11 Å². The summed E-state index contributed by atoms with van der Waals surface area (Å²) in [6, 6.07) is 7.74. The molecule has 0 aliphatic carbocycles. The molecule has 0 aliphatic heterocycles. The van der Waals surface area contributed by atoms with Crippen molar-refractivity contribution in [1.82, 2.24) is 0 Å². The van der Waals surface area contributed by atoms with Crippen molar-refractivity contribution >= 4 is 39.0 Å². The second kappa shape index (κ2) is 4.99. The van der Waals surface area contributed by atoms with E-state index in [1.807, 2.05) is 24.3 Å². The lowest BCUT2D eigenvalue weighted by molar-refractivity contribution is 0.412. The number of rotatable bonds is 1. The summed E-state index contributed by atoms with van der Waals surface area (Å²) < 4.78 is 5.99. The number of halogens is 1. The molecule has 0 saturated heterocycles. The fourth-order valence-electron chi connectivity index (χ4n) is 0.610. The largest absolute Gasteiger partial charge is 0.496 e. The third-order valence-electron chi connectivity index (χ3n) is 1.06. The number of ether oxygens (including phenoxy) is 1. The molecule has 0 bridgehead atoms. The van der Waals surface area contributed by atoms with E-state index < -0.39 is 0 Å². The highest BCUT2D eigenvalue weighted by molar-refractivity contribution is 9.10. The van der Waals surface area contributed by atoms with Crippen molar-refractivity contribution in [2.45, 2.75) is 0 Å². The van der Waals surface area contributed by atoms with Crippen molar-refractivity contribution in [3.8, 4) is 5.75 Å². The number of benzene rings is 1. The van der Waals surface area contributed by atoms with Crippen molar-refractivity contribution < 1.29 is 4.74 Å². The quantitative estimate of drug-likeness (QED) is 0.643. The van der Waals surface area contributed by atoms with Crippen molar-refractivity contribution in [2.24, 2.45) is 0 Å². The average Bonchev–Trinajstić information content (AvgIpc) is 1.89. The van der Waals surface area contributed by atoms with Gasteiger partial charge in [0.1, 0.15) is 5.75 Å². The van der Waals surface area contributed by atoms with E-state index in [0.29, 0.717) is 0 Å². The van der Waals surface area contributed by atoms with Gasteiger partial charge in [-0.3, -0.25) is 0 Å². The molecular formula is C7H9BrMgO. The summed E-state index contributed by atoms with van der Waals surface area (Å²) in [6.07, 6.45) is 0. The first-order valence-corrected chi connectivity index (χ1v) is 3.42. The average molecular weight is 213 g/mol. The van der Waals surface area contributed by atoms with Crippen molar-refractivity contribution in [3.63, 3.8) is 0 Å². The van der Waals surface area contributed by atoms with Gasteiger partial charge >= 0.3 is 23.1 Å². The SMILES string of the molecule is COc1ccccc1Br.[MgH2]. The summed E-state index contributed by atoms with van der Waals surface area (Å²) in [5.41, 5.74) is 0. The predicted molar refractivity (Wildman–Crippen MR) is 49.2 cm³/mol. The smallest absolute Gasteiger partial charge is 0.316 e. The van der Waals surface area contributed by atoms with Crippen LogP contribution in [0, 0.1) is 0 Å². The Labute approximate surface area is 85.0 Å². The van der Waals surface area contributed by atoms with E-state index in [2.05, 4.69) is 15.9 Å². The molecule has 3 heteroatoms. The van der Waals surface area contributed by atoms with E-state index in [1.165, 1.54) is 0 Å². The van der Waals surface area contributed by atoms with Gasteiger partial charge in [0, 0.05) is 0 Å². The minimum absolute atomic E-state index is 0. The highest BCUT2D eigenvalue weighted by atomic mass is 79.9. The molecule has 0 heterocycles. The molecule has 1 aromatic carbocycles. The molecule has 0 aromatic heterocycles. The standard InChI is InChI=1S/C7H7BrO.Mg.2H/c1-9-7-5-3-2-4-6(7)8;;;/h2-5H,1H3;;;. The Hall–Kier alpha value is 0.266. The molecule has 0 spiro atoms. The van der Waals surface area contributed by atoms with Crippen LogP contribution >= 0.6 is 15.9 Å². The predicted octanol–water partition coefficient (Wildman–Crippen LogP) is 1.54. The van der Waals surface area contributed by atoms with Crippen molar-refractivity contribution in [1.29, 1.82) is 0 Å². The van der Waals surface area contributed by atoms with E-state index in [-0.39, 0.29) is 23.1 Å². The van der Waals surface area contributed by atoms with Crippen LogP contribution in [0.15, 0.2) is 28.7 Å². The molecule has 0 atom stereocenters. The van der Waals surface area contributed by atoms with Gasteiger partial charge in [-0.05, 0) is 28.1 Å². The second-order valence-electron chi connectivity index (χ2n) is 1.63. The molecule has 52 valence electrons. The van der Waals surface area contributed by atoms with Crippen LogP contribution in [0.2, 0.25) is 0 Å². The van der Waals surface area contributed by atoms with Crippen LogP contribution in [-0.2, 0) is 0 Å². The van der Waals surface area contributed by atoms with Gasteiger partial charge in [-0.25, -0.2) is 0 Å². The molecule has 0 aliphatic rings. The lowest BCUT2D eigenvalue weighted by atomic mass is 10.3. The summed E-state index contributed by atoms with van der Waals surface area (Å²) in [5.74, 6) is 0.873. The second-order valence-corrected chi connectivity index (χ2v) is 2.49. The van der Waals surface area contributed by atoms with Crippen molar-refractivity contribution in [3.05, 3.63) is 28.7 Å². The lowest BCUT2D eigenvalue weighted by Gasteiger charge is -1.99. The normalized spacial score (nSPS) is 8.20. The van der Waals surface area contributed by atoms with Crippen LogP contribution in [0.5, 0.6) is 5.75 Å². The van der Waals surface area contributed by atoms with Crippen LogP contribution in [0.25, 0.3) is 0 Å². The first-order chi connectivity index (χ1) is 4.34. The summed E-state index contributed by atoms with van der Waals surface area (Å²) >= 11 is 3.33. The first kappa shape index (κ1) is 10.3. The Kier molecular flexibility index (Phi) is 5.12. The third-order valence-corrected chi connectivity index (χ3v) is 1.71. The van der Waals surface area contributed by atoms with Gasteiger partial charge in [0.15, 0.2) is 0 Å². The van der Waals surface area contributed by atoms with Gasteiger partial charge in [0.25, 0.3) is 0 Å². The van der Waals surface area contributed by atoms with Gasteiger partial charge in [0.05, 0.1) is 11.6 Å². The topological polar surface area (TPSA) is 9.23 Å². The molecule has 1 aromatic rings. The molecule has 0 fully saturated rings. The zero-order valence-corrected chi connectivity index (χ0v) is 6.68. The zero-order chi connectivity index (χ0) is 6.69. The minimum Gasteiger partial charge on any atom is -0.496 e. The van der Waals surface area contributed by atoms with Crippen LogP contribution in [-0.4, -0.2) is 30.2 Å². The van der Waals surface area contributed by atoms with Gasteiger partial charge in [-0.1, -0.05) is 12.1 Å². The summed E-state index contributed by atoms with van der Waals surface area (Å²) in [7, 11) is 1.65. The molecule has 1 rings (SSSR count). The maximum Gasteiger partial charge on any atom is 0.316 e. The van der Waals surface area contributed by atoms with Gasteiger partial charge < -0.3 is 4.74 Å². The van der Waals surface area contributed by atoms with Gasteiger partial charge in [-0.2, -0.15) is 0 Å². The highest BCUT2D eigenvalue weighted by Gasteiger charge is 1.92. The fraction of sp³-hybridized carbons (Fsp3) is 0.143. The molecule has 0 saturated carbocycles. The zero-order valence-electron chi connectivity index (χ0n) is 5.10. The van der Waals surface area contributed by atoms with Crippen LogP contribution in [0.3, 0.4) is 0 Å². The Bertz CT molecular complexity index is 203. The summed E-state index contributed by atoms with van der Waals surface area (Å²) in [4.78, 5) is 0. The van der Waals surface area contributed by atoms with Gasteiger partial charge in [-0.15, -0.1) is 0 Å². The van der Waals surface area contributed by atoms with Crippen LogP contribution in [0.1, 0.15) is 0 Å². The third kappa shape index (κ3) is 2.48. The summed E-state index contributed by atoms with van der Waals surface area (Å²) in [6.45, 7) is 0. The maximum atomic E-state index is 5.00. The Morgan fingerprint density at radius 3 is 2.30 bits per heavy atom. The van der Waals surface area contributed by atoms with E-state index >= 15 is 0 Å². The van der Waals surface area contributed by atoms with E-state index in [9.17, 15) is 0 Å². The number of methoxy groups -OCH3 is 1. The Morgan fingerprint density at radius 2 is 1.90 bits per heavy atom. The first-order valence-electron chi connectivity index (χ1n) is 2.63. The molecule has 1 nitrogen and oxygen atoms in total. The lowest BCUT2D eigenvalue weighted by Crippen LogP contribution is -1.81.